The summed E-state index contributed by atoms with van der Waals surface area (Å²) in [6.07, 6.45) is 4.19. The van der Waals surface area contributed by atoms with Crippen molar-refractivity contribution in [1.82, 2.24) is 10.2 Å². The highest BCUT2D eigenvalue weighted by Gasteiger charge is 2.44. The summed E-state index contributed by atoms with van der Waals surface area (Å²) in [7, 11) is 0. The molecule has 6 rings (SSSR count). The van der Waals surface area contributed by atoms with Crippen molar-refractivity contribution in [3.63, 3.8) is 0 Å². The van der Waals surface area contributed by atoms with Crippen LogP contribution in [0.4, 0.5) is 11.4 Å². The van der Waals surface area contributed by atoms with Crippen LogP contribution in [-0.4, -0.2) is 78.9 Å². The van der Waals surface area contributed by atoms with Gasteiger partial charge in [0.1, 0.15) is 6.04 Å². The minimum Gasteiger partial charge on any atom is -0.375 e. The minimum absolute atomic E-state index is 0.0946. The van der Waals surface area contributed by atoms with Crippen LogP contribution in [0.15, 0.2) is 42.5 Å². The molecule has 4 heterocycles. The summed E-state index contributed by atoms with van der Waals surface area (Å²) in [5.74, 6) is -2.41. The fourth-order valence-corrected chi connectivity index (χ4v) is 6.26. The van der Waals surface area contributed by atoms with E-state index in [0.29, 0.717) is 11.1 Å². The van der Waals surface area contributed by atoms with E-state index in [9.17, 15) is 24.0 Å². The lowest BCUT2D eigenvalue weighted by Crippen LogP contribution is -2.54. The molecule has 4 aliphatic rings. The van der Waals surface area contributed by atoms with Crippen LogP contribution in [0.1, 0.15) is 69.6 Å². The fourth-order valence-electron chi connectivity index (χ4n) is 6.26. The largest absolute Gasteiger partial charge is 0.375 e. The molecule has 3 saturated heterocycles. The zero-order chi connectivity index (χ0) is 28.7. The van der Waals surface area contributed by atoms with Crippen LogP contribution < -0.4 is 20.9 Å². The van der Waals surface area contributed by atoms with Gasteiger partial charge in [0.25, 0.3) is 11.8 Å². The molecule has 0 aliphatic carbocycles. The van der Waals surface area contributed by atoms with E-state index in [1.165, 1.54) is 0 Å². The van der Waals surface area contributed by atoms with Gasteiger partial charge in [-0.2, -0.15) is 0 Å². The molecule has 3 fully saturated rings. The Morgan fingerprint density at radius 1 is 0.756 bits per heavy atom. The molecule has 214 valence electrons. The number of nitrogens with two attached hydrogens (primary N) is 1. The van der Waals surface area contributed by atoms with Crippen molar-refractivity contribution in [2.75, 3.05) is 36.0 Å². The Labute approximate surface area is 237 Å². The monoisotopic (exact) mass is 559 g/mol. The zero-order valence-electron chi connectivity index (χ0n) is 22.7. The van der Waals surface area contributed by atoms with E-state index >= 15 is 0 Å². The van der Waals surface area contributed by atoms with E-state index in [2.05, 4.69) is 15.1 Å². The molecule has 0 bridgehead atoms. The van der Waals surface area contributed by atoms with Crippen molar-refractivity contribution >= 4 is 40.9 Å². The van der Waals surface area contributed by atoms with Crippen LogP contribution in [0.2, 0.25) is 0 Å². The Morgan fingerprint density at radius 3 is 1.90 bits per heavy atom. The van der Waals surface area contributed by atoms with Gasteiger partial charge in [-0.25, -0.2) is 0 Å². The number of hydrogen-bond acceptors (Lipinski definition) is 8. The lowest BCUT2D eigenvalue weighted by Gasteiger charge is -2.38. The van der Waals surface area contributed by atoms with Crippen LogP contribution in [0.5, 0.6) is 0 Å². The van der Waals surface area contributed by atoms with Crippen molar-refractivity contribution in [3.8, 4) is 0 Å². The van der Waals surface area contributed by atoms with Gasteiger partial charge in [-0.15, -0.1) is 0 Å². The van der Waals surface area contributed by atoms with Crippen LogP contribution in [-0.2, 0) is 14.3 Å². The van der Waals surface area contributed by atoms with Gasteiger partial charge in [0.15, 0.2) is 0 Å². The molecule has 1 unspecified atom stereocenters. The van der Waals surface area contributed by atoms with Crippen LogP contribution >= 0.6 is 0 Å². The summed E-state index contributed by atoms with van der Waals surface area (Å²) in [5, 5.41) is 2.22. The molecule has 3 N–H and O–H groups in total. The first-order chi connectivity index (χ1) is 19.8. The number of carbonyl (C=O) groups excluding carboxylic acids is 5. The van der Waals surface area contributed by atoms with Gasteiger partial charge in [-0.1, -0.05) is 0 Å². The number of imide groups is 2. The van der Waals surface area contributed by atoms with Crippen molar-refractivity contribution in [2.45, 2.75) is 56.8 Å². The van der Waals surface area contributed by atoms with Gasteiger partial charge >= 0.3 is 0 Å². The topological polar surface area (TPSA) is 142 Å². The first-order valence-electron chi connectivity index (χ1n) is 14.2. The molecule has 0 saturated carbocycles. The molecule has 1 atom stereocenters. The number of nitrogens with zero attached hydrogens (tertiary/aromatic N) is 3. The summed E-state index contributed by atoms with van der Waals surface area (Å²) in [6, 6.07) is 11.7. The quantitative estimate of drug-likeness (QED) is 0.511. The number of piperidine rings is 3. The number of nitrogens with one attached hydrogen (secondary N) is 1. The Kier molecular flexibility index (Phi) is 7.21. The fraction of sp³-hybridized carbons (Fsp3) is 0.433. The van der Waals surface area contributed by atoms with Crippen molar-refractivity contribution < 1.29 is 28.7 Å². The summed E-state index contributed by atoms with van der Waals surface area (Å²) < 4.78 is 6.47. The van der Waals surface area contributed by atoms with Crippen LogP contribution in [0, 0.1) is 0 Å². The highest BCUT2D eigenvalue weighted by molar-refractivity contribution is 6.23. The van der Waals surface area contributed by atoms with E-state index in [-0.39, 0.29) is 30.6 Å². The standard InChI is InChI=1S/C30H33N5O6/c31-27(37)18-1-3-19(4-2-18)33-13-9-21(10-14-33)41-22-11-15-34(16-12-22)20-5-6-23-24(17-20)30(40)35(29(23)39)25-7-8-26(36)32-28(25)38/h1-6,17,21-22,25H,7-16H2,(H2,31,37)(H,32,36,38). The lowest BCUT2D eigenvalue weighted by atomic mass is 10.0. The summed E-state index contributed by atoms with van der Waals surface area (Å²) in [4.78, 5) is 66.8. The van der Waals surface area contributed by atoms with E-state index in [0.717, 1.165) is 68.1 Å². The number of hydrogen-bond donors (Lipinski definition) is 2. The number of fused-ring (bicyclic) bond motifs is 1. The molecular formula is C30H33N5O6. The Morgan fingerprint density at radius 2 is 1.32 bits per heavy atom. The maximum absolute atomic E-state index is 13.2. The Hall–Kier alpha value is -4.25. The predicted octanol–water partition coefficient (Wildman–Crippen LogP) is 1.84. The van der Waals surface area contributed by atoms with Gasteiger partial charge in [0.05, 0.1) is 23.3 Å². The molecule has 11 heteroatoms. The molecule has 0 spiro atoms. The predicted molar refractivity (Wildman–Crippen MR) is 150 cm³/mol. The third-order valence-corrected chi connectivity index (χ3v) is 8.57. The Balaban J connectivity index is 1.01. The first-order valence-corrected chi connectivity index (χ1v) is 14.2. The molecule has 2 aromatic carbocycles. The minimum atomic E-state index is -0.967. The van der Waals surface area contributed by atoms with E-state index in [1.54, 1.807) is 24.3 Å². The average molecular weight is 560 g/mol. The third kappa shape index (κ3) is 5.29. The molecule has 11 nitrogen and oxygen atoms in total. The smallest absolute Gasteiger partial charge is 0.262 e. The molecule has 2 aromatic rings. The van der Waals surface area contributed by atoms with Gasteiger partial charge in [0.2, 0.25) is 17.7 Å². The highest BCUT2D eigenvalue weighted by Crippen LogP contribution is 2.32. The molecule has 0 radical (unpaired) electrons. The van der Waals surface area contributed by atoms with E-state index < -0.39 is 35.6 Å². The normalized spacial score (nSPS) is 22.2. The SMILES string of the molecule is NC(=O)c1ccc(N2CCC(OC3CCN(c4ccc5c(c4)C(=O)N(C4CCC(=O)NC4=O)C5=O)CC3)CC2)cc1. The second kappa shape index (κ2) is 11.0. The maximum Gasteiger partial charge on any atom is 0.262 e. The average Bonchev–Trinajstić information content (AvgIpc) is 3.23. The van der Waals surface area contributed by atoms with Crippen molar-refractivity contribution in [3.05, 3.63) is 59.2 Å². The number of primary amides is 1. The lowest BCUT2D eigenvalue weighted by molar-refractivity contribution is -0.136. The molecule has 4 aliphatic heterocycles. The number of ether oxygens (including phenoxy) is 1. The number of amides is 5. The van der Waals surface area contributed by atoms with E-state index in [4.69, 9.17) is 10.5 Å². The van der Waals surface area contributed by atoms with Gasteiger partial charge in [0, 0.05) is 49.5 Å². The maximum atomic E-state index is 13.2. The molecule has 0 aromatic heterocycles. The number of anilines is 2. The summed E-state index contributed by atoms with van der Waals surface area (Å²) in [6.45, 7) is 3.31. The number of carbonyl (C=O) groups is 5. The summed E-state index contributed by atoms with van der Waals surface area (Å²) >= 11 is 0. The van der Waals surface area contributed by atoms with Crippen LogP contribution in [0.25, 0.3) is 0 Å². The summed E-state index contributed by atoms with van der Waals surface area (Å²) in [5.41, 5.74) is 8.38. The van der Waals surface area contributed by atoms with Crippen molar-refractivity contribution in [1.29, 1.82) is 0 Å². The first kappa shape index (κ1) is 26.9. The second-order valence-corrected chi connectivity index (χ2v) is 11.1. The van der Waals surface area contributed by atoms with E-state index in [1.807, 2.05) is 18.2 Å². The molecular weight excluding hydrogens is 526 g/mol. The highest BCUT2D eigenvalue weighted by atomic mass is 16.5. The van der Waals surface area contributed by atoms with Gasteiger partial charge in [-0.05, 0) is 74.6 Å². The number of benzene rings is 2. The number of rotatable bonds is 6. The molecule has 5 amide bonds. The van der Waals surface area contributed by atoms with Crippen LogP contribution in [0.3, 0.4) is 0 Å². The second-order valence-electron chi connectivity index (χ2n) is 11.1. The van der Waals surface area contributed by atoms with Crippen molar-refractivity contribution in [2.24, 2.45) is 5.73 Å². The Bertz CT molecular complexity index is 1390. The van der Waals surface area contributed by atoms with Gasteiger partial charge in [-0.3, -0.25) is 34.2 Å². The zero-order valence-corrected chi connectivity index (χ0v) is 22.7. The third-order valence-electron chi connectivity index (χ3n) is 8.57. The molecule has 41 heavy (non-hydrogen) atoms. The van der Waals surface area contributed by atoms with Gasteiger partial charge < -0.3 is 20.3 Å².